The quantitative estimate of drug-likeness (QED) is 0.552. The minimum absolute atomic E-state index is 0.0566. The molecule has 1 amide bonds. The third kappa shape index (κ3) is 3.24. The van der Waals surface area contributed by atoms with Crippen molar-refractivity contribution < 1.29 is 4.79 Å². The highest BCUT2D eigenvalue weighted by Crippen LogP contribution is 2.42. The maximum atomic E-state index is 12.3. The second-order valence-electron chi connectivity index (χ2n) is 5.15. The molecule has 1 aliphatic rings. The lowest BCUT2D eigenvalue weighted by molar-refractivity contribution is 0.0943. The molecule has 4 N–H and O–H groups in total. The van der Waals surface area contributed by atoms with E-state index >= 15 is 0 Å². The fraction of sp³-hybridized carbons (Fsp3) is 0.571. The predicted molar refractivity (Wildman–Crippen MR) is 83.9 cm³/mol. The molecule has 1 heterocycles. The second kappa shape index (κ2) is 6.45. The largest absolute Gasteiger partial charge is 0.351 e. The average molecular weight is 294 g/mol. The number of rotatable bonds is 6. The van der Waals surface area contributed by atoms with Crippen molar-refractivity contribution in [3.8, 4) is 0 Å². The summed E-state index contributed by atoms with van der Waals surface area (Å²) in [5.41, 5.74) is 3.97. The number of amides is 1. The van der Waals surface area contributed by atoms with E-state index in [2.05, 4.69) is 22.0 Å². The zero-order valence-corrected chi connectivity index (χ0v) is 12.8. The number of hydrogen-bond donors (Lipinski definition) is 3. The number of hydrazine groups is 1. The van der Waals surface area contributed by atoms with Crippen LogP contribution in [0.2, 0.25) is 0 Å². The number of hydrogen-bond acceptors (Lipinski definition) is 5. The van der Waals surface area contributed by atoms with Crippen LogP contribution in [0.1, 0.15) is 42.2 Å². The van der Waals surface area contributed by atoms with Gasteiger partial charge in [0.15, 0.2) is 0 Å². The van der Waals surface area contributed by atoms with Crippen molar-refractivity contribution in [2.75, 3.05) is 18.2 Å². The number of aryl methyl sites for hydroxylation is 1. The summed E-state index contributed by atoms with van der Waals surface area (Å²) in [7, 11) is 0. The number of anilines is 1. The van der Waals surface area contributed by atoms with E-state index in [4.69, 9.17) is 5.84 Å². The van der Waals surface area contributed by atoms with E-state index in [0.717, 1.165) is 18.7 Å². The molecule has 1 saturated carbocycles. The molecule has 6 heteroatoms. The van der Waals surface area contributed by atoms with Crippen LogP contribution in [0.15, 0.2) is 12.1 Å². The monoisotopic (exact) mass is 294 g/mol. The minimum Gasteiger partial charge on any atom is -0.351 e. The van der Waals surface area contributed by atoms with Crippen molar-refractivity contribution >= 4 is 23.5 Å². The van der Waals surface area contributed by atoms with E-state index in [9.17, 15) is 4.79 Å². The van der Waals surface area contributed by atoms with E-state index < -0.39 is 0 Å². The highest BCUT2D eigenvalue weighted by molar-refractivity contribution is 8.00. The molecule has 0 radical (unpaired) electrons. The Balaban J connectivity index is 2.04. The Morgan fingerprint density at radius 1 is 1.50 bits per heavy atom. The van der Waals surface area contributed by atoms with Crippen LogP contribution in [-0.2, 0) is 6.42 Å². The lowest BCUT2D eigenvalue weighted by Crippen LogP contribution is -2.45. The summed E-state index contributed by atoms with van der Waals surface area (Å²) in [6, 6.07) is 3.50. The number of pyridine rings is 1. The van der Waals surface area contributed by atoms with Gasteiger partial charge in [0, 0.05) is 22.5 Å². The molecule has 1 fully saturated rings. The lowest BCUT2D eigenvalue weighted by Gasteiger charge is -2.40. The first-order valence-corrected chi connectivity index (χ1v) is 8.16. The molecule has 5 nitrogen and oxygen atoms in total. The van der Waals surface area contributed by atoms with Gasteiger partial charge in [-0.3, -0.25) is 4.79 Å². The first kappa shape index (κ1) is 15.1. The number of thioether (sulfide) groups is 1. The second-order valence-corrected chi connectivity index (χ2v) is 6.43. The molecule has 0 atom stereocenters. The third-order valence-corrected chi connectivity index (χ3v) is 5.34. The Bertz CT molecular complexity index is 460. The summed E-state index contributed by atoms with van der Waals surface area (Å²) in [6.07, 6.45) is 6.50. The molecule has 20 heavy (non-hydrogen) atoms. The molecule has 0 spiro atoms. The van der Waals surface area contributed by atoms with Crippen molar-refractivity contribution in [2.24, 2.45) is 5.84 Å². The lowest BCUT2D eigenvalue weighted by atomic mass is 9.84. The van der Waals surface area contributed by atoms with Crippen LogP contribution in [0, 0.1) is 0 Å². The van der Waals surface area contributed by atoms with Gasteiger partial charge < -0.3 is 10.7 Å². The van der Waals surface area contributed by atoms with Crippen LogP contribution in [0.3, 0.4) is 0 Å². The first-order valence-electron chi connectivity index (χ1n) is 6.93. The van der Waals surface area contributed by atoms with Crippen molar-refractivity contribution in [3.05, 3.63) is 23.4 Å². The van der Waals surface area contributed by atoms with Crippen molar-refractivity contribution in [3.63, 3.8) is 0 Å². The van der Waals surface area contributed by atoms with E-state index in [1.165, 1.54) is 19.3 Å². The molecule has 0 saturated heterocycles. The Hall–Kier alpha value is -1.27. The van der Waals surface area contributed by atoms with Crippen LogP contribution in [0.4, 0.5) is 5.82 Å². The number of nitrogen functional groups attached to an aromatic ring is 1. The van der Waals surface area contributed by atoms with E-state index in [0.29, 0.717) is 11.4 Å². The highest BCUT2D eigenvalue weighted by atomic mass is 32.2. The fourth-order valence-electron chi connectivity index (χ4n) is 2.34. The van der Waals surface area contributed by atoms with Crippen LogP contribution < -0.4 is 16.6 Å². The summed E-state index contributed by atoms with van der Waals surface area (Å²) in [5.74, 6) is 5.86. The number of carbonyl (C=O) groups excluding carboxylic acids is 1. The zero-order valence-electron chi connectivity index (χ0n) is 12.0. The Kier molecular flexibility index (Phi) is 4.88. The molecule has 110 valence electrons. The van der Waals surface area contributed by atoms with E-state index in [-0.39, 0.29) is 10.7 Å². The van der Waals surface area contributed by atoms with Gasteiger partial charge in [-0.25, -0.2) is 10.8 Å². The summed E-state index contributed by atoms with van der Waals surface area (Å²) in [6.45, 7) is 2.73. The van der Waals surface area contributed by atoms with Crippen molar-refractivity contribution in [1.82, 2.24) is 10.3 Å². The number of aromatic nitrogens is 1. The molecule has 0 aromatic carbocycles. The van der Waals surface area contributed by atoms with Gasteiger partial charge >= 0.3 is 0 Å². The Morgan fingerprint density at radius 3 is 2.75 bits per heavy atom. The number of nitrogens with zero attached hydrogens (tertiary/aromatic N) is 1. The summed E-state index contributed by atoms with van der Waals surface area (Å²) < 4.78 is 0.241. The third-order valence-electron chi connectivity index (χ3n) is 3.92. The van der Waals surface area contributed by atoms with Crippen molar-refractivity contribution in [1.29, 1.82) is 0 Å². The summed E-state index contributed by atoms with van der Waals surface area (Å²) >= 11 is 1.85. The van der Waals surface area contributed by atoms with E-state index in [1.807, 2.05) is 24.8 Å². The van der Waals surface area contributed by atoms with Gasteiger partial charge in [0.25, 0.3) is 5.91 Å². The maximum absolute atomic E-state index is 12.3. The van der Waals surface area contributed by atoms with Crippen LogP contribution in [0.5, 0.6) is 0 Å². The van der Waals surface area contributed by atoms with Crippen LogP contribution >= 0.6 is 11.8 Å². The molecule has 1 aromatic rings. The van der Waals surface area contributed by atoms with Gasteiger partial charge in [0.2, 0.25) is 0 Å². The highest BCUT2D eigenvalue weighted by Gasteiger charge is 2.36. The standard InChI is InChI=1S/C14H22N4OS/c1-3-11-7-10(8-12(17-11)18-15)13(19)16-9-14(20-2)5-4-6-14/h7-8H,3-6,9,15H2,1-2H3,(H,16,19)(H,17,18). The SMILES string of the molecule is CCc1cc(C(=O)NCC2(SC)CCC2)cc(NN)n1. The first-order chi connectivity index (χ1) is 9.62. The smallest absolute Gasteiger partial charge is 0.251 e. The zero-order chi connectivity index (χ0) is 14.6. The molecule has 1 aliphatic carbocycles. The topological polar surface area (TPSA) is 80.0 Å². The molecule has 0 bridgehead atoms. The molecular weight excluding hydrogens is 272 g/mol. The van der Waals surface area contributed by atoms with Crippen LogP contribution in [0.25, 0.3) is 0 Å². The number of nitrogens with two attached hydrogens (primary N) is 1. The normalized spacial score (nSPS) is 16.4. The van der Waals surface area contributed by atoms with Crippen LogP contribution in [-0.4, -0.2) is 28.4 Å². The summed E-state index contributed by atoms with van der Waals surface area (Å²) in [4.78, 5) is 16.6. The van der Waals surface area contributed by atoms with Gasteiger partial charge in [0.05, 0.1) is 0 Å². The number of carbonyl (C=O) groups is 1. The maximum Gasteiger partial charge on any atom is 0.251 e. The number of nitrogens with one attached hydrogen (secondary N) is 2. The van der Waals surface area contributed by atoms with Gasteiger partial charge in [-0.1, -0.05) is 13.3 Å². The fourth-order valence-corrected chi connectivity index (χ4v) is 3.25. The Morgan fingerprint density at radius 2 is 2.25 bits per heavy atom. The molecule has 0 unspecified atom stereocenters. The Labute approximate surface area is 124 Å². The van der Waals surface area contributed by atoms with E-state index in [1.54, 1.807) is 6.07 Å². The molecule has 0 aliphatic heterocycles. The van der Waals surface area contributed by atoms with Gasteiger partial charge in [-0.05, 0) is 37.7 Å². The van der Waals surface area contributed by atoms with Gasteiger partial charge in [-0.2, -0.15) is 11.8 Å². The minimum atomic E-state index is -0.0566. The predicted octanol–water partition coefficient (Wildman–Crippen LogP) is 1.95. The van der Waals surface area contributed by atoms with Crippen molar-refractivity contribution in [2.45, 2.75) is 37.4 Å². The molecule has 2 rings (SSSR count). The van der Waals surface area contributed by atoms with Gasteiger partial charge in [-0.15, -0.1) is 0 Å². The molecule has 1 aromatic heterocycles. The molecular formula is C14H22N4OS. The van der Waals surface area contributed by atoms with Gasteiger partial charge in [0.1, 0.15) is 5.82 Å². The summed E-state index contributed by atoms with van der Waals surface area (Å²) in [5, 5.41) is 3.04. The average Bonchev–Trinajstić information content (AvgIpc) is 2.45.